The van der Waals surface area contributed by atoms with Crippen molar-refractivity contribution in [2.24, 2.45) is 0 Å². The van der Waals surface area contributed by atoms with E-state index < -0.39 is 17.7 Å². The maximum absolute atomic E-state index is 11.8. The van der Waals surface area contributed by atoms with E-state index in [0.717, 1.165) is 0 Å². The first-order chi connectivity index (χ1) is 10.8. The number of aryl methyl sites for hydroxylation is 1. The molecule has 0 saturated heterocycles. The molecule has 0 aliphatic heterocycles. The third-order valence-corrected chi connectivity index (χ3v) is 2.81. The summed E-state index contributed by atoms with van der Waals surface area (Å²) in [5, 5.41) is 11.2. The Kier molecular flexibility index (Phi) is 4.77. The molecule has 124 valence electrons. The summed E-state index contributed by atoms with van der Waals surface area (Å²) < 4.78 is 6.90. The highest BCUT2D eigenvalue weighted by atomic mass is 16.6. The zero-order valence-electron chi connectivity index (χ0n) is 13.2. The summed E-state index contributed by atoms with van der Waals surface area (Å²) in [7, 11) is 0. The van der Waals surface area contributed by atoms with Crippen molar-refractivity contribution in [1.29, 1.82) is 0 Å². The number of ether oxygens (including phenoxy) is 1. The number of hydrogen-bond acceptors (Lipinski definition) is 6. The smallest absolute Gasteiger partial charge is 0.413 e. The van der Waals surface area contributed by atoms with Crippen molar-refractivity contribution in [3.63, 3.8) is 0 Å². The van der Waals surface area contributed by atoms with Crippen LogP contribution in [-0.2, 0) is 16.1 Å². The van der Waals surface area contributed by atoms with E-state index in [0.29, 0.717) is 24.1 Å². The summed E-state index contributed by atoms with van der Waals surface area (Å²) in [4.78, 5) is 34.7. The molecular formula is C14H19N5O4. The van der Waals surface area contributed by atoms with Crippen LogP contribution < -0.4 is 5.32 Å². The third-order valence-electron chi connectivity index (χ3n) is 2.81. The number of amides is 1. The minimum atomic E-state index is -0.851. The van der Waals surface area contributed by atoms with Gasteiger partial charge in [0.25, 0.3) is 0 Å². The largest absolute Gasteiger partial charge is 0.481 e. The number of carbonyl (C=O) groups excluding carboxylic acids is 1. The molecule has 2 rings (SSSR count). The van der Waals surface area contributed by atoms with Gasteiger partial charge in [-0.05, 0) is 27.2 Å². The molecule has 0 unspecified atom stereocenters. The molecule has 23 heavy (non-hydrogen) atoms. The lowest BCUT2D eigenvalue weighted by molar-refractivity contribution is -0.137. The summed E-state index contributed by atoms with van der Waals surface area (Å²) >= 11 is 0. The Morgan fingerprint density at radius 1 is 1.30 bits per heavy atom. The summed E-state index contributed by atoms with van der Waals surface area (Å²) in [5.41, 5.74) is 0.331. The van der Waals surface area contributed by atoms with Crippen molar-refractivity contribution in [2.75, 3.05) is 5.32 Å². The van der Waals surface area contributed by atoms with E-state index in [-0.39, 0.29) is 12.2 Å². The lowest BCUT2D eigenvalue weighted by Gasteiger charge is -2.19. The fourth-order valence-electron chi connectivity index (χ4n) is 1.94. The fraction of sp³-hybridized carbons (Fsp3) is 0.500. The van der Waals surface area contributed by atoms with E-state index in [1.165, 1.54) is 6.33 Å². The average Bonchev–Trinajstić information content (AvgIpc) is 2.81. The molecule has 0 saturated carbocycles. The quantitative estimate of drug-likeness (QED) is 0.864. The fourth-order valence-corrected chi connectivity index (χ4v) is 1.94. The first-order valence-corrected chi connectivity index (χ1v) is 7.14. The monoisotopic (exact) mass is 321 g/mol. The zero-order chi connectivity index (χ0) is 17.0. The van der Waals surface area contributed by atoms with Crippen molar-refractivity contribution < 1.29 is 19.4 Å². The van der Waals surface area contributed by atoms with E-state index in [2.05, 4.69) is 20.3 Å². The molecule has 9 nitrogen and oxygen atoms in total. The number of anilines is 1. The lowest BCUT2D eigenvalue weighted by Crippen LogP contribution is -2.27. The number of fused-ring (bicyclic) bond motifs is 1. The second kappa shape index (κ2) is 6.59. The molecule has 2 aromatic heterocycles. The van der Waals surface area contributed by atoms with Crippen molar-refractivity contribution in [1.82, 2.24) is 19.5 Å². The van der Waals surface area contributed by atoms with Gasteiger partial charge < -0.3 is 14.4 Å². The van der Waals surface area contributed by atoms with Gasteiger partial charge in [0.05, 0.1) is 6.33 Å². The van der Waals surface area contributed by atoms with Gasteiger partial charge in [-0.2, -0.15) is 0 Å². The van der Waals surface area contributed by atoms with Crippen LogP contribution in [0.5, 0.6) is 0 Å². The predicted molar refractivity (Wildman–Crippen MR) is 82.0 cm³/mol. The van der Waals surface area contributed by atoms with Gasteiger partial charge in [0.2, 0.25) is 0 Å². The molecule has 0 aromatic carbocycles. The summed E-state index contributed by atoms with van der Waals surface area (Å²) in [5.74, 6) is -0.599. The standard InChI is InChI=1S/C14H19N5O4/c1-14(2,3)23-13(22)18-11-10-12(16-7-15-11)19(8-17-10)6-4-5-9(20)21/h7-8H,4-6H2,1-3H3,(H,20,21)(H,15,16,18,22). The first kappa shape index (κ1) is 16.7. The van der Waals surface area contributed by atoms with E-state index >= 15 is 0 Å². The summed E-state index contributed by atoms with van der Waals surface area (Å²) in [6.07, 6.45) is 2.75. The van der Waals surface area contributed by atoms with Crippen LogP contribution in [0, 0.1) is 0 Å². The van der Waals surface area contributed by atoms with E-state index in [1.807, 2.05) is 0 Å². The third kappa shape index (κ3) is 4.63. The van der Waals surface area contributed by atoms with E-state index in [4.69, 9.17) is 9.84 Å². The van der Waals surface area contributed by atoms with Crippen LogP contribution in [0.3, 0.4) is 0 Å². The van der Waals surface area contributed by atoms with Crippen LogP contribution in [0.4, 0.5) is 10.6 Å². The second-order valence-corrected chi connectivity index (χ2v) is 5.96. The van der Waals surface area contributed by atoms with Crippen LogP contribution in [0.1, 0.15) is 33.6 Å². The molecule has 0 radical (unpaired) electrons. The molecule has 0 fully saturated rings. The van der Waals surface area contributed by atoms with Crippen LogP contribution in [0.15, 0.2) is 12.7 Å². The Morgan fingerprint density at radius 3 is 2.70 bits per heavy atom. The number of carboxylic acids is 1. The molecule has 2 aromatic rings. The molecule has 1 amide bonds. The Bertz CT molecular complexity index is 720. The minimum Gasteiger partial charge on any atom is -0.481 e. The van der Waals surface area contributed by atoms with Crippen molar-refractivity contribution in [2.45, 2.75) is 45.8 Å². The lowest BCUT2D eigenvalue weighted by atomic mass is 10.2. The molecule has 0 spiro atoms. The van der Waals surface area contributed by atoms with Crippen LogP contribution in [0.2, 0.25) is 0 Å². The van der Waals surface area contributed by atoms with Gasteiger partial charge in [-0.25, -0.2) is 19.7 Å². The molecule has 0 atom stereocenters. The Hall–Kier alpha value is -2.71. The summed E-state index contributed by atoms with van der Waals surface area (Å²) in [6.45, 7) is 5.75. The van der Waals surface area contributed by atoms with Crippen LogP contribution in [-0.4, -0.2) is 42.3 Å². The van der Waals surface area contributed by atoms with Gasteiger partial charge in [-0.15, -0.1) is 0 Å². The zero-order valence-corrected chi connectivity index (χ0v) is 13.2. The van der Waals surface area contributed by atoms with Crippen molar-refractivity contribution in [3.8, 4) is 0 Å². The highest BCUT2D eigenvalue weighted by molar-refractivity contribution is 5.93. The Labute approximate surface area is 132 Å². The number of hydrogen-bond donors (Lipinski definition) is 2. The van der Waals surface area contributed by atoms with Gasteiger partial charge >= 0.3 is 12.1 Å². The molecule has 0 bridgehead atoms. The average molecular weight is 321 g/mol. The SMILES string of the molecule is CC(C)(C)OC(=O)Nc1ncnc2c1ncn2CCCC(=O)O. The maximum atomic E-state index is 11.8. The number of aromatic nitrogens is 4. The van der Waals surface area contributed by atoms with E-state index in [9.17, 15) is 9.59 Å². The number of aliphatic carboxylic acids is 1. The van der Waals surface area contributed by atoms with Gasteiger partial charge in [0.15, 0.2) is 17.0 Å². The van der Waals surface area contributed by atoms with Gasteiger partial charge in [0, 0.05) is 13.0 Å². The topological polar surface area (TPSA) is 119 Å². The number of rotatable bonds is 5. The van der Waals surface area contributed by atoms with Crippen LogP contribution in [0.25, 0.3) is 11.2 Å². The van der Waals surface area contributed by atoms with Gasteiger partial charge in [-0.3, -0.25) is 10.1 Å². The van der Waals surface area contributed by atoms with Crippen molar-refractivity contribution in [3.05, 3.63) is 12.7 Å². The maximum Gasteiger partial charge on any atom is 0.413 e. The Morgan fingerprint density at radius 2 is 2.04 bits per heavy atom. The first-order valence-electron chi connectivity index (χ1n) is 7.14. The second-order valence-electron chi connectivity index (χ2n) is 5.96. The predicted octanol–water partition coefficient (Wildman–Crippen LogP) is 2.04. The molecule has 2 N–H and O–H groups in total. The van der Waals surface area contributed by atoms with E-state index in [1.54, 1.807) is 31.7 Å². The highest BCUT2D eigenvalue weighted by Crippen LogP contribution is 2.19. The van der Waals surface area contributed by atoms with Crippen LogP contribution >= 0.6 is 0 Å². The highest BCUT2D eigenvalue weighted by Gasteiger charge is 2.18. The molecule has 2 heterocycles. The number of carboxylic acid groups (broad SMARTS) is 1. The number of imidazole rings is 1. The molecule has 9 heteroatoms. The molecular weight excluding hydrogens is 302 g/mol. The number of nitrogens with one attached hydrogen (secondary N) is 1. The normalized spacial score (nSPS) is 11.4. The number of nitrogens with zero attached hydrogens (tertiary/aromatic N) is 4. The summed E-state index contributed by atoms with van der Waals surface area (Å²) in [6, 6.07) is 0. The van der Waals surface area contributed by atoms with Gasteiger partial charge in [0.1, 0.15) is 11.9 Å². The molecule has 0 aliphatic carbocycles. The van der Waals surface area contributed by atoms with Crippen molar-refractivity contribution >= 4 is 29.0 Å². The minimum absolute atomic E-state index is 0.0633. The number of carbonyl (C=O) groups is 2. The molecule has 0 aliphatic rings. The Balaban J connectivity index is 2.15. The van der Waals surface area contributed by atoms with Gasteiger partial charge in [-0.1, -0.05) is 0 Å².